The van der Waals surface area contributed by atoms with E-state index in [2.05, 4.69) is 4.98 Å². The van der Waals surface area contributed by atoms with Gasteiger partial charge in [-0.25, -0.2) is 5.48 Å². The Bertz CT molecular complexity index is 837. The molecule has 1 aromatic carbocycles. The van der Waals surface area contributed by atoms with E-state index in [1.165, 1.54) is 5.56 Å². The number of carbonyl (C=O) groups excluding carboxylic acids is 2. The van der Waals surface area contributed by atoms with Gasteiger partial charge < -0.3 is 4.90 Å². The monoisotopic (exact) mass is 337 g/mol. The van der Waals surface area contributed by atoms with Crippen LogP contribution in [0.15, 0.2) is 42.7 Å². The van der Waals surface area contributed by atoms with Gasteiger partial charge in [-0.1, -0.05) is 6.07 Å². The number of aromatic nitrogens is 1. The van der Waals surface area contributed by atoms with Gasteiger partial charge in [0.1, 0.15) is 0 Å². The number of aryl methyl sites for hydroxylation is 1. The molecule has 25 heavy (non-hydrogen) atoms. The van der Waals surface area contributed by atoms with Crippen molar-refractivity contribution in [1.82, 2.24) is 10.5 Å². The highest BCUT2D eigenvalue weighted by Crippen LogP contribution is 2.45. The number of hydrogen-bond acceptors (Lipinski definition) is 4. The molecule has 128 valence electrons. The first-order chi connectivity index (χ1) is 12.1. The molecule has 6 heteroatoms. The Kier molecular flexibility index (Phi) is 3.77. The second-order valence-electron chi connectivity index (χ2n) is 6.80. The van der Waals surface area contributed by atoms with Gasteiger partial charge in [0.05, 0.1) is 17.3 Å². The first-order valence-electron chi connectivity index (χ1n) is 8.41. The minimum Gasteiger partial charge on any atom is -0.310 e. The van der Waals surface area contributed by atoms with Crippen molar-refractivity contribution in [2.45, 2.75) is 25.7 Å². The summed E-state index contributed by atoms with van der Waals surface area (Å²) >= 11 is 0. The molecule has 1 atom stereocenters. The quantitative estimate of drug-likeness (QED) is 0.649. The molecule has 1 aliphatic heterocycles. The molecular weight excluding hydrogens is 318 g/mol. The van der Waals surface area contributed by atoms with Gasteiger partial charge in [-0.05, 0) is 61.1 Å². The molecular formula is C19H19N3O3. The number of hydroxylamine groups is 1. The van der Waals surface area contributed by atoms with Gasteiger partial charge in [0.2, 0.25) is 5.91 Å². The molecule has 2 N–H and O–H groups in total. The smallest absolute Gasteiger partial charge is 0.274 e. The molecule has 2 aromatic rings. The lowest BCUT2D eigenvalue weighted by molar-refractivity contribution is -0.126. The van der Waals surface area contributed by atoms with E-state index in [1.807, 2.05) is 23.1 Å². The Hall–Kier alpha value is -2.73. The Morgan fingerprint density at radius 1 is 1.24 bits per heavy atom. The average molecular weight is 337 g/mol. The number of benzene rings is 1. The van der Waals surface area contributed by atoms with Crippen LogP contribution in [-0.4, -0.2) is 28.6 Å². The van der Waals surface area contributed by atoms with E-state index in [0.717, 1.165) is 30.5 Å². The van der Waals surface area contributed by atoms with Crippen molar-refractivity contribution in [2.24, 2.45) is 5.41 Å². The number of hydrogen-bond donors (Lipinski definition) is 2. The Balaban J connectivity index is 1.63. The first-order valence-corrected chi connectivity index (χ1v) is 8.41. The molecule has 1 saturated heterocycles. The normalized spacial score (nSPS) is 22.1. The van der Waals surface area contributed by atoms with Crippen LogP contribution in [-0.2, 0) is 17.6 Å². The largest absolute Gasteiger partial charge is 0.310 e. The Morgan fingerprint density at radius 3 is 2.88 bits per heavy atom. The fourth-order valence-corrected chi connectivity index (χ4v) is 4.04. The van der Waals surface area contributed by atoms with Crippen molar-refractivity contribution in [2.75, 3.05) is 11.4 Å². The van der Waals surface area contributed by atoms with Crippen molar-refractivity contribution in [3.8, 4) is 0 Å². The molecule has 1 spiro atoms. The maximum absolute atomic E-state index is 13.1. The van der Waals surface area contributed by atoms with E-state index >= 15 is 0 Å². The maximum Gasteiger partial charge on any atom is 0.274 e. The number of nitrogens with one attached hydrogen (secondary N) is 1. The van der Waals surface area contributed by atoms with Crippen LogP contribution in [0.25, 0.3) is 0 Å². The van der Waals surface area contributed by atoms with E-state index in [4.69, 9.17) is 5.21 Å². The zero-order valence-electron chi connectivity index (χ0n) is 13.7. The van der Waals surface area contributed by atoms with Crippen LogP contribution in [0.5, 0.6) is 0 Å². The zero-order valence-corrected chi connectivity index (χ0v) is 13.7. The fraction of sp³-hybridized carbons (Fsp3) is 0.316. The van der Waals surface area contributed by atoms with E-state index in [0.29, 0.717) is 18.5 Å². The standard InChI is InChI=1S/C19H19N3O3/c23-17(21-25)14-4-3-13-5-6-19(11-15(13)10-14)7-9-22(18(19)24)16-2-1-8-20-12-16/h1-4,8,10,12,25H,5-7,9,11H2,(H,21,23)/t19-/m1/s1. The molecule has 0 radical (unpaired) electrons. The van der Waals surface area contributed by atoms with Crippen molar-refractivity contribution in [1.29, 1.82) is 0 Å². The lowest BCUT2D eigenvalue weighted by Crippen LogP contribution is -2.39. The number of pyridine rings is 1. The summed E-state index contributed by atoms with van der Waals surface area (Å²) in [7, 11) is 0. The molecule has 4 rings (SSSR count). The van der Waals surface area contributed by atoms with Gasteiger partial charge in [-0.15, -0.1) is 0 Å². The van der Waals surface area contributed by atoms with Crippen molar-refractivity contribution in [3.05, 3.63) is 59.4 Å². The highest BCUT2D eigenvalue weighted by molar-refractivity contribution is 6.00. The molecule has 1 aliphatic carbocycles. The Morgan fingerprint density at radius 2 is 2.12 bits per heavy atom. The van der Waals surface area contributed by atoms with Crippen LogP contribution in [0.2, 0.25) is 0 Å². The minimum atomic E-state index is -0.530. The van der Waals surface area contributed by atoms with Gasteiger partial charge in [-0.2, -0.15) is 0 Å². The summed E-state index contributed by atoms with van der Waals surface area (Å²) in [5.41, 5.74) is 4.70. The highest BCUT2D eigenvalue weighted by atomic mass is 16.5. The van der Waals surface area contributed by atoms with Gasteiger partial charge in [0, 0.05) is 18.3 Å². The lowest BCUT2D eigenvalue weighted by atomic mass is 9.70. The summed E-state index contributed by atoms with van der Waals surface area (Å²) in [4.78, 5) is 30.7. The SMILES string of the molecule is O=C(NO)c1ccc2c(c1)C[C@@]1(CC2)CCN(c2cccnc2)C1=O. The summed E-state index contributed by atoms with van der Waals surface area (Å²) < 4.78 is 0. The summed E-state index contributed by atoms with van der Waals surface area (Å²) in [6.07, 6.45) is 6.49. The summed E-state index contributed by atoms with van der Waals surface area (Å²) in [6.45, 7) is 0.691. The molecule has 1 fully saturated rings. The summed E-state index contributed by atoms with van der Waals surface area (Å²) in [6, 6.07) is 9.17. The molecule has 1 aromatic heterocycles. The third-order valence-electron chi connectivity index (χ3n) is 5.44. The third kappa shape index (κ3) is 2.59. The minimum absolute atomic E-state index is 0.142. The molecule has 0 bridgehead atoms. The molecule has 2 aliphatic rings. The van der Waals surface area contributed by atoms with Crippen LogP contribution in [0.1, 0.15) is 34.3 Å². The second kappa shape index (κ2) is 5.97. The molecule has 0 saturated carbocycles. The average Bonchev–Trinajstić information content (AvgIpc) is 2.97. The van der Waals surface area contributed by atoms with Crippen LogP contribution in [0, 0.1) is 5.41 Å². The number of anilines is 1. The van der Waals surface area contributed by atoms with Gasteiger partial charge in [-0.3, -0.25) is 19.8 Å². The van der Waals surface area contributed by atoms with Crippen molar-refractivity contribution >= 4 is 17.5 Å². The molecule has 6 nitrogen and oxygen atoms in total. The number of carbonyl (C=O) groups is 2. The Labute approximate surface area is 145 Å². The predicted molar refractivity (Wildman–Crippen MR) is 91.4 cm³/mol. The van der Waals surface area contributed by atoms with Crippen LogP contribution in [0.4, 0.5) is 5.69 Å². The number of nitrogens with zero attached hydrogens (tertiary/aromatic N) is 2. The second-order valence-corrected chi connectivity index (χ2v) is 6.80. The molecule has 2 heterocycles. The van der Waals surface area contributed by atoms with Gasteiger partial charge in [0.25, 0.3) is 5.91 Å². The van der Waals surface area contributed by atoms with Gasteiger partial charge >= 0.3 is 0 Å². The van der Waals surface area contributed by atoms with E-state index in [-0.39, 0.29) is 5.91 Å². The first kappa shape index (κ1) is 15.8. The molecule has 2 amide bonds. The van der Waals surface area contributed by atoms with Crippen molar-refractivity contribution in [3.63, 3.8) is 0 Å². The van der Waals surface area contributed by atoms with Gasteiger partial charge in [0.15, 0.2) is 0 Å². The van der Waals surface area contributed by atoms with Crippen LogP contribution >= 0.6 is 0 Å². The number of rotatable bonds is 2. The fourth-order valence-electron chi connectivity index (χ4n) is 4.04. The van der Waals surface area contributed by atoms with E-state index in [1.54, 1.807) is 30.0 Å². The van der Waals surface area contributed by atoms with E-state index in [9.17, 15) is 9.59 Å². The topological polar surface area (TPSA) is 82.5 Å². The predicted octanol–water partition coefficient (Wildman–Crippen LogP) is 2.11. The lowest BCUT2D eigenvalue weighted by Gasteiger charge is -2.33. The van der Waals surface area contributed by atoms with Crippen LogP contribution in [0.3, 0.4) is 0 Å². The summed E-state index contributed by atoms with van der Waals surface area (Å²) in [5.74, 6) is -0.389. The maximum atomic E-state index is 13.1. The highest BCUT2D eigenvalue weighted by Gasteiger charge is 2.48. The number of fused-ring (bicyclic) bond motifs is 1. The van der Waals surface area contributed by atoms with Crippen molar-refractivity contribution < 1.29 is 14.8 Å². The zero-order chi connectivity index (χ0) is 17.4. The van der Waals surface area contributed by atoms with Crippen LogP contribution < -0.4 is 10.4 Å². The summed E-state index contributed by atoms with van der Waals surface area (Å²) in [5, 5.41) is 8.83. The third-order valence-corrected chi connectivity index (χ3v) is 5.44. The van der Waals surface area contributed by atoms with E-state index < -0.39 is 11.3 Å². The number of amides is 2. The molecule has 0 unspecified atom stereocenters.